The zero-order valence-electron chi connectivity index (χ0n) is 55.4. The second-order valence-corrected chi connectivity index (χ2v) is 25.2. The number of nitrogen functional groups attached to an aromatic ring is 2. The van der Waals surface area contributed by atoms with E-state index in [0.29, 0.717) is 48.6 Å². The van der Waals surface area contributed by atoms with Crippen LogP contribution in [0.3, 0.4) is 0 Å². The van der Waals surface area contributed by atoms with E-state index < -0.39 is 138 Å². The predicted octanol–water partition coefficient (Wildman–Crippen LogP) is 10.5. The third-order valence-electron chi connectivity index (χ3n) is 11.9. The first-order valence-corrected chi connectivity index (χ1v) is 33.4. The largest absolute Gasteiger partial charge is 0.477 e. The van der Waals surface area contributed by atoms with Crippen LogP contribution >= 0.6 is 10.7 Å². The number of nitrogens with one attached hydrogen (secondary N) is 8. The summed E-state index contributed by atoms with van der Waals surface area (Å²) in [4.78, 5) is 124. The normalized spacial score (nSPS) is 10.3. The predicted molar refractivity (Wildman–Crippen MR) is 370 cm³/mol. The fraction of sp³-hybridized carbons (Fsp3) is 0.161. The molecule has 0 bridgehead atoms. The summed E-state index contributed by atoms with van der Waals surface area (Å²) < 4.78 is 155. The van der Waals surface area contributed by atoms with E-state index in [1.54, 1.807) is 26.0 Å². The van der Waals surface area contributed by atoms with Gasteiger partial charge in [-0.15, -0.1) is 0 Å². The molecule has 0 unspecified atom stereocenters. The van der Waals surface area contributed by atoms with Crippen LogP contribution in [0, 0.1) is 66.8 Å². The van der Waals surface area contributed by atoms with Gasteiger partial charge in [-0.05, 0) is 97.8 Å². The molecule has 0 atom stereocenters. The van der Waals surface area contributed by atoms with E-state index >= 15 is 0 Å². The van der Waals surface area contributed by atoms with Crippen molar-refractivity contribution in [2.75, 3.05) is 64.9 Å². The van der Waals surface area contributed by atoms with Crippen LogP contribution in [-0.4, -0.2) is 111 Å². The van der Waals surface area contributed by atoms with Gasteiger partial charge in [0.25, 0.3) is 17.7 Å². The van der Waals surface area contributed by atoms with E-state index in [1.165, 1.54) is 82.7 Å². The summed E-state index contributed by atoms with van der Waals surface area (Å²) in [6.45, 7) is 8.72. The SMILES string of the molecule is CC(=O)Nc1ccc(N)cn1.CC(=O)Nc1ccc(NC(=O)c2c(F)ccc(N)c2F)cn1.CC(=O)Nc1ccc(NC(=O)c2c(F)ccc([N+](=O)[O-])c2F)cn1.CCCS(=O)(=O)Cl.CCCS(=O)(=O)Nc1ccc(F)c(C(=O)Nc2ccc(NC(C)=O)nc2)c1F.O=C(O)c1c(F)ccc([N+](=O)[O-])c1F. The molecule has 106 heavy (non-hydrogen) atoms. The highest BCUT2D eigenvalue weighted by molar-refractivity contribution is 8.13. The number of carbonyl (C=O) groups is 8. The minimum absolute atomic E-state index is 0.0779. The van der Waals surface area contributed by atoms with Crippen LogP contribution in [-0.2, 0) is 38.3 Å². The molecule has 0 aliphatic heterocycles. The number of nitrogens with two attached hydrogens (primary N) is 2. The molecule has 8 rings (SSSR count). The molecular weight excluding hydrogens is 1490 g/mol. The molecule has 0 saturated heterocycles. The maximum absolute atomic E-state index is 14.6. The number of nitro groups is 2. The smallest absolute Gasteiger partial charge is 0.341 e. The van der Waals surface area contributed by atoms with Gasteiger partial charge in [-0.1, -0.05) is 13.8 Å². The van der Waals surface area contributed by atoms with Gasteiger partial charge in [0.05, 0.1) is 80.3 Å². The number of carboxylic acid groups (broad SMARTS) is 1. The third kappa shape index (κ3) is 28.8. The molecule has 0 aliphatic rings. The Hall–Kier alpha value is -12.9. The number of sulfonamides is 1. The van der Waals surface area contributed by atoms with Crippen molar-refractivity contribution in [2.24, 2.45) is 0 Å². The summed E-state index contributed by atoms with van der Waals surface area (Å²) in [6, 6.07) is 17.6. The molecule has 33 nitrogen and oxygen atoms in total. The molecule has 4 aromatic heterocycles. The van der Waals surface area contributed by atoms with Crippen LogP contribution in [0.25, 0.3) is 0 Å². The second kappa shape index (κ2) is 40.6. The molecule has 0 aliphatic carbocycles. The molecule has 0 fully saturated rings. The zero-order chi connectivity index (χ0) is 80.1. The maximum Gasteiger partial charge on any atom is 0.341 e. The first-order valence-electron chi connectivity index (χ1n) is 29.3. The van der Waals surface area contributed by atoms with E-state index in [4.69, 9.17) is 27.3 Å². The van der Waals surface area contributed by atoms with Crippen LogP contribution < -0.4 is 53.4 Å². The number of aromatic carboxylic acids is 1. The molecule has 13 N–H and O–H groups in total. The van der Waals surface area contributed by atoms with Crippen LogP contribution in [0.4, 0.5) is 104 Å². The number of halogens is 9. The molecule has 44 heteroatoms. The van der Waals surface area contributed by atoms with E-state index in [2.05, 4.69) is 57.2 Å². The molecule has 8 aromatic rings. The highest BCUT2D eigenvalue weighted by Crippen LogP contribution is 2.28. The number of nitro benzene ring substituents is 2. The van der Waals surface area contributed by atoms with E-state index in [1.807, 2.05) is 4.72 Å². The number of anilines is 10. The number of carbonyl (C=O) groups excluding carboxylic acids is 7. The van der Waals surface area contributed by atoms with Gasteiger partial charge in [0.1, 0.15) is 68.8 Å². The van der Waals surface area contributed by atoms with Crippen molar-refractivity contribution in [3.05, 3.63) is 211 Å². The number of aromatic nitrogens is 4. The Labute approximate surface area is 598 Å². The number of rotatable bonds is 19. The van der Waals surface area contributed by atoms with Gasteiger partial charge in [0, 0.05) is 50.5 Å². The average molecular weight is 1550 g/mol. The number of hydrogen-bond acceptors (Lipinski definition) is 22. The fourth-order valence-corrected chi connectivity index (χ4v) is 9.61. The molecule has 0 radical (unpaired) electrons. The average Bonchev–Trinajstić information content (AvgIpc) is 0.845. The Morgan fingerprint density at radius 1 is 0.443 bits per heavy atom. The molecule has 4 heterocycles. The lowest BCUT2D eigenvalue weighted by Crippen LogP contribution is -2.20. The van der Waals surface area contributed by atoms with E-state index in [9.17, 15) is 111 Å². The zero-order valence-corrected chi connectivity index (χ0v) is 57.8. The third-order valence-corrected chi connectivity index (χ3v) is 14.7. The minimum Gasteiger partial charge on any atom is -0.477 e. The van der Waals surface area contributed by atoms with Crippen LogP contribution in [0.1, 0.15) is 95.8 Å². The maximum atomic E-state index is 14.6. The van der Waals surface area contributed by atoms with E-state index in [0.717, 1.165) is 30.5 Å². The Kier molecular flexibility index (Phi) is 33.5. The van der Waals surface area contributed by atoms with Gasteiger partial charge in [-0.25, -0.2) is 67.9 Å². The summed E-state index contributed by atoms with van der Waals surface area (Å²) in [6.07, 6.45) is 5.96. The van der Waals surface area contributed by atoms with Crippen molar-refractivity contribution >= 4 is 146 Å². The lowest BCUT2D eigenvalue weighted by molar-refractivity contribution is -0.387. The lowest BCUT2D eigenvalue weighted by Gasteiger charge is -2.12. The minimum atomic E-state index is -3.82. The van der Waals surface area contributed by atoms with Crippen molar-refractivity contribution in [1.82, 2.24) is 19.9 Å². The van der Waals surface area contributed by atoms with Crippen molar-refractivity contribution in [3.63, 3.8) is 0 Å². The van der Waals surface area contributed by atoms with Crippen molar-refractivity contribution in [1.29, 1.82) is 0 Å². The number of benzene rings is 4. The summed E-state index contributed by atoms with van der Waals surface area (Å²) in [5.74, 6) is -15.7. The van der Waals surface area contributed by atoms with Crippen LogP contribution in [0.2, 0.25) is 0 Å². The van der Waals surface area contributed by atoms with Gasteiger partial charge in [-0.3, -0.25) is 58.5 Å². The molecule has 0 spiro atoms. The van der Waals surface area contributed by atoms with Gasteiger partial charge in [-0.2, -0.15) is 8.78 Å². The topological polar surface area (TPSA) is 511 Å². The summed E-state index contributed by atoms with van der Waals surface area (Å²) in [7, 11) is -2.22. The van der Waals surface area contributed by atoms with Gasteiger partial charge in [0.2, 0.25) is 54.3 Å². The highest BCUT2D eigenvalue weighted by atomic mass is 35.7. The Bertz CT molecular complexity index is 4820. The van der Waals surface area contributed by atoms with Crippen molar-refractivity contribution in [2.45, 2.75) is 54.4 Å². The first kappa shape index (κ1) is 87.3. The molecule has 0 saturated carbocycles. The Morgan fingerprint density at radius 3 is 1.07 bits per heavy atom. The van der Waals surface area contributed by atoms with Crippen molar-refractivity contribution < 1.29 is 105 Å². The number of pyridine rings is 4. The molecular formula is C62H59ClF8N16O17S2. The van der Waals surface area contributed by atoms with Crippen LogP contribution in [0.15, 0.2) is 122 Å². The second-order valence-electron chi connectivity index (χ2n) is 20.5. The summed E-state index contributed by atoms with van der Waals surface area (Å²) in [5, 5.41) is 45.7. The fourth-order valence-electron chi connectivity index (χ4n) is 7.52. The lowest BCUT2D eigenvalue weighted by atomic mass is 10.1. The monoisotopic (exact) mass is 1550 g/mol. The van der Waals surface area contributed by atoms with Crippen molar-refractivity contribution in [3.8, 4) is 0 Å². The number of amides is 7. The quantitative estimate of drug-likeness (QED) is 0.0118. The van der Waals surface area contributed by atoms with Gasteiger partial charge in [0.15, 0.2) is 11.6 Å². The molecule has 4 aromatic carbocycles. The van der Waals surface area contributed by atoms with Gasteiger partial charge < -0.3 is 53.8 Å². The Balaban J connectivity index is 0.000000345. The molecule has 564 valence electrons. The van der Waals surface area contributed by atoms with Gasteiger partial charge >= 0.3 is 17.3 Å². The van der Waals surface area contributed by atoms with E-state index in [-0.39, 0.29) is 75.3 Å². The Morgan fingerprint density at radius 2 is 0.764 bits per heavy atom. The first-order chi connectivity index (χ1) is 49.5. The number of carboxylic acids is 1. The molecule has 7 amide bonds. The number of nitrogens with zero attached hydrogens (tertiary/aromatic N) is 6. The number of hydrogen-bond donors (Lipinski definition) is 11. The van der Waals surface area contributed by atoms with Crippen LogP contribution in [0.5, 0.6) is 0 Å². The standard InChI is InChI=1S/C17H18F2N4O4S.C14H10F2N4O4.C14H12F2N4O2.C7H3F2NO4.C7H9N3O.C3H7ClO2S/c1-3-8-28(26,27)23-13-6-5-12(18)15(16(13)19)17(25)22-11-4-7-14(20-9-11)21-10(2)24;1-7(21)18-11-5-2-8(6-17-11)19-14(22)12-9(15)3-4-10(13(12)16)20(23)24;1-7(21)19-11-5-2-8(6-18-11)20-14(22)12-9(15)3-4-10(17)13(12)16;8-3-1-2-4(10(13)14)6(9)5(3)7(11)12;1-5(11)10-7-3-2-6(8)4-9-7;1-2-3-7(4,5)6/h4-7,9,23H,3,8H2,1-2H3,(H,22,25)(H,20,21,24);2-6H,1H3,(H,19,22)(H,17,18,21);2-6H,17H2,1H3,(H,20,22)(H,18,19,21);1-2H,(H,11,12);2-4H,8H2,1H3,(H,9,10,11);2-3H2,1H3. The summed E-state index contributed by atoms with van der Waals surface area (Å²) >= 11 is 0. The highest BCUT2D eigenvalue weighted by Gasteiger charge is 2.29. The summed E-state index contributed by atoms with van der Waals surface area (Å²) in [5.41, 5.74) is 4.64.